The lowest BCUT2D eigenvalue weighted by atomic mass is 10.1. The number of carbonyl (C=O) groups is 3. The fourth-order valence-corrected chi connectivity index (χ4v) is 5.60. The van der Waals surface area contributed by atoms with E-state index in [1.807, 2.05) is 0 Å². The van der Waals surface area contributed by atoms with E-state index >= 15 is 0 Å². The Bertz CT molecular complexity index is 1720. The van der Waals surface area contributed by atoms with Gasteiger partial charge in [-0.1, -0.05) is 23.9 Å². The third kappa shape index (κ3) is 5.92. The Morgan fingerprint density at radius 2 is 1.83 bits per heavy atom. The zero-order chi connectivity index (χ0) is 30.0. The summed E-state index contributed by atoms with van der Waals surface area (Å²) in [5.41, 5.74) is 0.876. The van der Waals surface area contributed by atoms with Crippen molar-refractivity contribution in [2.75, 3.05) is 13.7 Å². The quantitative estimate of drug-likeness (QED) is 0.119. The number of para-hydroxylation sites is 1. The van der Waals surface area contributed by atoms with Crippen LogP contribution in [0.5, 0.6) is 5.75 Å². The van der Waals surface area contributed by atoms with Crippen molar-refractivity contribution in [3.63, 3.8) is 0 Å². The molecule has 220 valence electrons. The molecular weight excluding hydrogens is 572 g/mol. The number of esters is 3. The predicted octanol–water partition coefficient (Wildman–Crippen LogP) is 2.56. The molecule has 0 amide bonds. The molecule has 5 rings (SSSR count). The lowest BCUT2D eigenvalue weighted by molar-refractivity contribution is -0.166. The van der Waals surface area contributed by atoms with E-state index in [4.69, 9.17) is 28.1 Å². The molecule has 0 saturated carbocycles. The second-order valence-electron chi connectivity index (χ2n) is 9.24. The predicted molar refractivity (Wildman–Crippen MR) is 146 cm³/mol. The van der Waals surface area contributed by atoms with Gasteiger partial charge in [-0.25, -0.2) is 19.7 Å². The summed E-state index contributed by atoms with van der Waals surface area (Å²) in [6, 6.07) is 6.99. The van der Waals surface area contributed by atoms with Crippen LogP contribution in [-0.2, 0) is 39.1 Å². The molecule has 42 heavy (non-hydrogen) atoms. The van der Waals surface area contributed by atoms with Gasteiger partial charge in [-0.05, 0) is 12.1 Å². The highest BCUT2D eigenvalue weighted by atomic mass is 32.2. The van der Waals surface area contributed by atoms with Crippen LogP contribution in [0.15, 0.2) is 51.2 Å². The van der Waals surface area contributed by atoms with Gasteiger partial charge in [0, 0.05) is 37.5 Å². The zero-order valence-electron chi connectivity index (χ0n) is 23.0. The lowest BCUT2D eigenvalue weighted by Crippen LogP contribution is -2.40. The number of fused-ring (bicyclic) bond motifs is 2. The smallest absolute Gasteiger partial charge is 0.340 e. The Hall–Kier alpha value is -4.50. The largest absolute Gasteiger partial charge is 0.493 e. The molecule has 4 aromatic rings. The minimum absolute atomic E-state index is 0.140. The third-order valence-corrected chi connectivity index (χ3v) is 7.29. The first-order chi connectivity index (χ1) is 20.2. The topological polar surface area (TPSA) is 171 Å². The van der Waals surface area contributed by atoms with Gasteiger partial charge < -0.3 is 28.1 Å². The van der Waals surface area contributed by atoms with Crippen LogP contribution < -0.4 is 10.4 Å². The SMILES string of the molecule is COc1cccc2cc(CSc3nc4cncnc4n3[C@@H]3O[C@H](COC(C)=O)[C@@H](OC(C)=O)[C@H]3OC(C)=O)c(=O)oc12. The van der Waals surface area contributed by atoms with Crippen LogP contribution in [0, 0.1) is 0 Å². The monoisotopic (exact) mass is 598 g/mol. The van der Waals surface area contributed by atoms with Gasteiger partial charge in [0.1, 0.15) is 24.6 Å². The van der Waals surface area contributed by atoms with Gasteiger partial charge in [-0.2, -0.15) is 0 Å². The number of methoxy groups -OCH3 is 1. The Labute approximate surface area is 242 Å². The van der Waals surface area contributed by atoms with Crippen molar-refractivity contribution in [3.05, 3.63) is 52.8 Å². The number of nitrogens with zero attached hydrogens (tertiary/aromatic N) is 4. The fourth-order valence-electron chi connectivity index (χ4n) is 4.62. The molecule has 0 N–H and O–H groups in total. The van der Waals surface area contributed by atoms with E-state index in [1.165, 1.54) is 52.2 Å². The molecule has 1 aliphatic rings. The number of hydrogen-bond donors (Lipinski definition) is 0. The lowest BCUT2D eigenvalue weighted by Gasteiger charge is -2.24. The molecule has 0 aliphatic carbocycles. The molecule has 1 aromatic carbocycles. The molecule has 3 aromatic heterocycles. The fraction of sp³-hybridized carbons (Fsp3) is 0.370. The summed E-state index contributed by atoms with van der Waals surface area (Å²) in [6.07, 6.45) is -1.54. The molecule has 1 aliphatic heterocycles. The first-order valence-electron chi connectivity index (χ1n) is 12.7. The van der Waals surface area contributed by atoms with E-state index in [0.717, 1.165) is 0 Å². The van der Waals surface area contributed by atoms with Crippen molar-refractivity contribution in [3.8, 4) is 5.75 Å². The molecule has 1 saturated heterocycles. The zero-order valence-corrected chi connectivity index (χ0v) is 23.8. The Morgan fingerprint density at radius 3 is 2.55 bits per heavy atom. The van der Waals surface area contributed by atoms with Crippen molar-refractivity contribution in [2.24, 2.45) is 0 Å². The number of carbonyl (C=O) groups excluding carboxylic acids is 3. The molecule has 0 radical (unpaired) electrons. The molecule has 4 atom stereocenters. The average Bonchev–Trinajstić information content (AvgIpc) is 3.47. The summed E-state index contributed by atoms with van der Waals surface area (Å²) in [5.74, 6) is -1.31. The van der Waals surface area contributed by atoms with Crippen LogP contribution in [0.25, 0.3) is 22.1 Å². The van der Waals surface area contributed by atoms with Crippen LogP contribution in [-0.4, -0.2) is 69.5 Å². The van der Waals surface area contributed by atoms with Gasteiger partial charge in [0.2, 0.25) is 0 Å². The molecule has 14 nitrogen and oxygen atoms in total. The first kappa shape index (κ1) is 29.0. The third-order valence-electron chi connectivity index (χ3n) is 6.29. The summed E-state index contributed by atoms with van der Waals surface area (Å²) in [5, 5.41) is 1.02. The van der Waals surface area contributed by atoms with E-state index < -0.39 is 48.1 Å². The van der Waals surface area contributed by atoms with Crippen LogP contribution >= 0.6 is 11.8 Å². The second-order valence-corrected chi connectivity index (χ2v) is 10.2. The Morgan fingerprint density at radius 1 is 1.07 bits per heavy atom. The second kappa shape index (κ2) is 12.2. The van der Waals surface area contributed by atoms with Crippen LogP contribution in [0.4, 0.5) is 0 Å². The Kier molecular flexibility index (Phi) is 8.40. The highest BCUT2D eigenvalue weighted by Gasteiger charge is 2.51. The normalized spacial score (nSPS) is 20.0. The van der Waals surface area contributed by atoms with E-state index in [0.29, 0.717) is 38.6 Å². The minimum Gasteiger partial charge on any atom is -0.493 e. The van der Waals surface area contributed by atoms with E-state index in [9.17, 15) is 19.2 Å². The van der Waals surface area contributed by atoms with Crippen molar-refractivity contribution in [1.29, 1.82) is 0 Å². The average molecular weight is 599 g/mol. The molecular formula is C27H26N4O10S. The number of ether oxygens (including phenoxy) is 5. The van der Waals surface area contributed by atoms with Crippen LogP contribution in [0.1, 0.15) is 32.6 Å². The summed E-state index contributed by atoms with van der Waals surface area (Å²) in [4.78, 5) is 61.6. The van der Waals surface area contributed by atoms with Gasteiger partial charge in [-0.15, -0.1) is 0 Å². The maximum Gasteiger partial charge on any atom is 0.340 e. The standard InChI is InChI=1S/C27H26N4O10S/c1-13(32)37-10-20-22(38-14(2)33)23(39-15(3)34)25(40-20)31-24-18(9-28-12-29-24)30-27(31)42-11-17-8-16-6-5-7-19(36-4)21(16)41-26(17)35/h5-9,12,20,22-23,25H,10-11H2,1-4H3/t20-,22-,23-,25-/m1/s1. The molecule has 1 fully saturated rings. The van der Waals surface area contributed by atoms with E-state index in [1.54, 1.807) is 28.8 Å². The maximum absolute atomic E-state index is 12.9. The summed E-state index contributed by atoms with van der Waals surface area (Å²) < 4.78 is 34.9. The molecule has 0 bridgehead atoms. The molecule has 0 unspecified atom stereocenters. The number of hydrogen-bond acceptors (Lipinski definition) is 14. The van der Waals surface area contributed by atoms with Gasteiger partial charge >= 0.3 is 23.5 Å². The Balaban J connectivity index is 1.54. The maximum atomic E-state index is 12.9. The summed E-state index contributed by atoms with van der Waals surface area (Å²) in [6.45, 7) is 3.37. The van der Waals surface area contributed by atoms with Crippen LogP contribution in [0.2, 0.25) is 0 Å². The molecule has 15 heteroatoms. The first-order valence-corrected chi connectivity index (χ1v) is 13.7. The van der Waals surface area contributed by atoms with Crippen molar-refractivity contribution in [2.45, 2.75) is 56.2 Å². The number of imidazole rings is 1. The summed E-state index contributed by atoms with van der Waals surface area (Å²) in [7, 11) is 1.49. The van der Waals surface area contributed by atoms with Gasteiger partial charge in [0.05, 0.1) is 13.3 Å². The van der Waals surface area contributed by atoms with Crippen LogP contribution in [0.3, 0.4) is 0 Å². The number of aromatic nitrogens is 4. The number of benzene rings is 1. The van der Waals surface area contributed by atoms with Crippen molar-refractivity contribution < 1.29 is 42.5 Å². The highest BCUT2D eigenvalue weighted by Crippen LogP contribution is 2.39. The van der Waals surface area contributed by atoms with Crippen molar-refractivity contribution >= 4 is 51.8 Å². The van der Waals surface area contributed by atoms with E-state index in [-0.39, 0.29) is 12.4 Å². The van der Waals surface area contributed by atoms with Gasteiger partial charge in [0.25, 0.3) is 0 Å². The number of thioether (sulfide) groups is 1. The number of rotatable bonds is 9. The summed E-state index contributed by atoms with van der Waals surface area (Å²) >= 11 is 1.18. The molecule has 0 spiro atoms. The minimum atomic E-state index is -1.16. The molecule has 4 heterocycles. The van der Waals surface area contributed by atoms with Gasteiger partial charge in [-0.3, -0.25) is 19.0 Å². The van der Waals surface area contributed by atoms with E-state index in [2.05, 4.69) is 15.0 Å². The van der Waals surface area contributed by atoms with Crippen molar-refractivity contribution in [1.82, 2.24) is 19.5 Å². The highest BCUT2D eigenvalue weighted by molar-refractivity contribution is 7.98. The van der Waals surface area contributed by atoms with Gasteiger partial charge in [0.15, 0.2) is 40.6 Å².